The van der Waals surface area contributed by atoms with Gasteiger partial charge in [0, 0.05) is 23.3 Å². The minimum absolute atomic E-state index is 0.0612. The van der Waals surface area contributed by atoms with Crippen LogP contribution in [0.4, 0.5) is 39.5 Å². The highest BCUT2D eigenvalue weighted by Crippen LogP contribution is 2.39. The zero-order valence-electron chi connectivity index (χ0n) is 25.6. The lowest BCUT2D eigenvalue weighted by Gasteiger charge is -2.20. The number of hydrogen-bond donors (Lipinski definition) is 0. The van der Waals surface area contributed by atoms with E-state index in [0.29, 0.717) is 17.7 Å². The monoisotopic (exact) mass is 672 g/mol. The highest BCUT2D eigenvalue weighted by molar-refractivity contribution is 5.74. The van der Waals surface area contributed by atoms with Crippen molar-refractivity contribution in [3.8, 4) is 39.1 Å². The van der Waals surface area contributed by atoms with Gasteiger partial charge in [-0.15, -0.1) is 0 Å². The van der Waals surface area contributed by atoms with Crippen LogP contribution in [-0.4, -0.2) is 0 Å². The third-order valence-corrected chi connectivity index (χ3v) is 7.95. The van der Waals surface area contributed by atoms with Gasteiger partial charge in [0.2, 0.25) is 0 Å². The summed E-state index contributed by atoms with van der Waals surface area (Å²) in [6, 6.07) is 16.7. The highest BCUT2D eigenvalue weighted by Gasteiger charge is 2.41. The Bertz CT molecular complexity index is 1870. The Balaban J connectivity index is 1.33. The van der Waals surface area contributed by atoms with Crippen molar-refractivity contribution >= 4 is 0 Å². The largest absolute Gasteiger partial charge is 0.432 e. The third kappa shape index (κ3) is 7.69. The number of halogens is 9. The molecular formula is C38H29F9O. The normalized spacial score (nSPS) is 11.6. The van der Waals surface area contributed by atoms with Crippen LogP contribution in [0.3, 0.4) is 0 Å². The Morgan fingerprint density at radius 1 is 0.500 bits per heavy atom. The molecule has 1 nitrogen and oxygen atoms in total. The average Bonchev–Trinajstić information content (AvgIpc) is 3.03. The summed E-state index contributed by atoms with van der Waals surface area (Å²) in [6.45, 7) is 2.17. The Hall–Kier alpha value is -4.73. The second kappa shape index (κ2) is 14.6. The molecule has 0 aliphatic carbocycles. The first-order chi connectivity index (χ1) is 22.9. The van der Waals surface area contributed by atoms with Crippen LogP contribution < -0.4 is 4.74 Å². The summed E-state index contributed by atoms with van der Waals surface area (Å²) in [6.07, 6.45) is 2.06. The topological polar surface area (TPSA) is 9.23 Å². The maximum Gasteiger partial charge on any atom is 0.432 e. The molecule has 0 aromatic heterocycles. The summed E-state index contributed by atoms with van der Waals surface area (Å²) >= 11 is 0. The molecule has 0 radical (unpaired) electrons. The second-order valence-electron chi connectivity index (χ2n) is 11.4. The van der Waals surface area contributed by atoms with Gasteiger partial charge in [0.15, 0.2) is 17.5 Å². The van der Waals surface area contributed by atoms with Crippen LogP contribution in [-0.2, 0) is 12.5 Å². The molecule has 0 fully saturated rings. The minimum atomic E-state index is -4.80. The van der Waals surface area contributed by atoms with Gasteiger partial charge < -0.3 is 4.74 Å². The van der Waals surface area contributed by atoms with Gasteiger partial charge in [-0.3, -0.25) is 0 Å². The van der Waals surface area contributed by atoms with E-state index >= 15 is 8.78 Å². The lowest BCUT2D eigenvalue weighted by molar-refractivity contribution is -0.189. The van der Waals surface area contributed by atoms with E-state index in [4.69, 9.17) is 0 Å². The van der Waals surface area contributed by atoms with Crippen molar-refractivity contribution in [2.45, 2.75) is 51.6 Å². The van der Waals surface area contributed by atoms with Crippen LogP contribution in [0.15, 0.2) is 84.9 Å². The summed E-state index contributed by atoms with van der Waals surface area (Å²) in [4.78, 5) is 0. The first-order valence-corrected chi connectivity index (χ1v) is 15.3. The minimum Gasteiger partial charge on any atom is -0.429 e. The zero-order chi connectivity index (χ0) is 34.6. The molecule has 0 saturated carbocycles. The molecule has 0 atom stereocenters. The van der Waals surface area contributed by atoms with Crippen molar-refractivity contribution in [2.75, 3.05) is 0 Å². The molecule has 5 aromatic carbocycles. The van der Waals surface area contributed by atoms with E-state index in [9.17, 15) is 30.7 Å². The third-order valence-electron chi connectivity index (χ3n) is 7.95. The quantitative estimate of drug-likeness (QED) is 0.0728. The molecule has 10 heteroatoms. The number of ether oxygens (including phenoxy) is 1. The van der Waals surface area contributed by atoms with Crippen LogP contribution in [0.25, 0.3) is 33.4 Å². The Morgan fingerprint density at radius 3 is 1.58 bits per heavy atom. The van der Waals surface area contributed by atoms with Gasteiger partial charge in [-0.05, 0) is 64.9 Å². The summed E-state index contributed by atoms with van der Waals surface area (Å²) < 4.78 is 134. The fraction of sp³-hybridized carbons (Fsp3) is 0.211. The van der Waals surface area contributed by atoms with Crippen LogP contribution in [0.2, 0.25) is 0 Å². The molecule has 0 amide bonds. The molecule has 0 aliphatic heterocycles. The predicted octanol–water partition coefficient (Wildman–Crippen LogP) is 12.3. The van der Waals surface area contributed by atoms with Crippen molar-refractivity contribution in [1.82, 2.24) is 0 Å². The van der Waals surface area contributed by atoms with Crippen LogP contribution >= 0.6 is 0 Å². The van der Waals surface area contributed by atoms with Crippen molar-refractivity contribution in [1.29, 1.82) is 0 Å². The molecule has 0 saturated heterocycles. The van der Waals surface area contributed by atoms with Crippen LogP contribution in [0, 0.1) is 40.7 Å². The van der Waals surface area contributed by atoms with E-state index in [2.05, 4.69) is 11.7 Å². The fourth-order valence-electron chi connectivity index (χ4n) is 5.44. The Labute approximate surface area is 271 Å². The maximum atomic E-state index is 15.2. The standard InChI is InChI=1S/C38H29F9O/c1-2-3-4-5-6-7-22-8-10-23(11-9-22)24-12-14-28(30(39)16-24)25-13-15-29(31(40)17-25)26-18-32(41)36(33(42)19-26)38(46,47)48-27-20-34(43)37(45)35(44)21-27/h8-21H,2-7H2,1H3. The molecule has 0 aliphatic rings. The number of rotatable bonds is 12. The van der Waals surface area contributed by atoms with Crippen LogP contribution in [0.1, 0.15) is 50.2 Å². The SMILES string of the molecule is CCCCCCCc1ccc(-c2ccc(-c3ccc(-c4cc(F)c(C(F)(F)Oc5cc(F)c(F)c(F)c5)c(F)c4)c(F)c3)c(F)c2)cc1. The molecular weight excluding hydrogens is 643 g/mol. The fourth-order valence-corrected chi connectivity index (χ4v) is 5.44. The molecule has 0 bridgehead atoms. The average molecular weight is 673 g/mol. The molecule has 5 rings (SSSR count). The number of alkyl halides is 2. The van der Waals surface area contributed by atoms with Crippen LogP contribution in [0.5, 0.6) is 5.75 Å². The number of unbranched alkanes of at least 4 members (excludes halogenated alkanes) is 4. The maximum absolute atomic E-state index is 15.2. The van der Waals surface area contributed by atoms with Crippen molar-refractivity contribution in [3.63, 3.8) is 0 Å². The van der Waals surface area contributed by atoms with Crippen molar-refractivity contribution in [3.05, 3.63) is 137 Å². The number of benzene rings is 5. The first-order valence-electron chi connectivity index (χ1n) is 15.3. The smallest absolute Gasteiger partial charge is 0.429 e. The molecule has 5 aromatic rings. The van der Waals surface area contributed by atoms with Gasteiger partial charge in [0.1, 0.15) is 34.6 Å². The second-order valence-corrected chi connectivity index (χ2v) is 11.4. The highest BCUT2D eigenvalue weighted by atomic mass is 19.3. The summed E-state index contributed by atoms with van der Waals surface area (Å²) in [5.74, 6) is -12.3. The van der Waals surface area contributed by atoms with E-state index in [0.717, 1.165) is 30.5 Å². The van der Waals surface area contributed by atoms with E-state index < -0.39 is 63.7 Å². The molecule has 0 unspecified atom stereocenters. The van der Waals surface area contributed by atoms with Gasteiger partial charge in [-0.1, -0.05) is 81.1 Å². The Kier molecular flexibility index (Phi) is 10.5. The zero-order valence-corrected chi connectivity index (χ0v) is 25.6. The Morgan fingerprint density at radius 2 is 1.00 bits per heavy atom. The van der Waals surface area contributed by atoms with Gasteiger partial charge >= 0.3 is 6.11 Å². The van der Waals surface area contributed by atoms with Gasteiger partial charge in [0.25, 0.3) is 0 Å². The van der Waals surface area contributed by atoms with E-state index in [1.807, 2.05) is 24.3 Å². The summed E-state index contributed by atoms with van der Waals surface area (Å²) in [7, 11) is 0. The molecule has 0 spiro atoms. The molecule has 48 heavy (non-hydrogen) atoms. The van der Waals surface area contributed by atoms with Gasteiger partial charge in [-0.2, -0.15) is 8.78 Å². The van der Waals surface area contributed by atoms with Gasteiger partial charge in [-0.25, -0.2) is 30.7 Å². The van der Waals surface area contributed by atoms with E-state index in [1.165, 1.54) is 49.4 Å². The molecule has 0 N–H and O–H groups in total. The lowest BCUT2D eigenvalue weighted by Crippen LogP contribution is -2.25. The number of aryl methyl sites for hydroxylation is 1. The lowest BCUT2D eigenvalue weighted by atomic mass is 9.96. The van der Waals surface area contributed by atoms with E-state index in [-0.39, 0.29) is 28.8 Å². The van der Waals surface area contributed by atoms with Crippen molar-refractivity contribution in [2.24, 2.45) is 0 Å². The van der Waals surface area contributed by atoms with Crippen molar-refractivity contribution < 1.29 is 44.3 Å². The number of hydrogen-bond acceptors (Lipinski definition) is 1. The molecule has 250 valence electrons. The predicted molar refractivity (Wildman–Crippen MR) is 166 cm³/mol. The van der Waals surface area contributed by atoms with Gasteiger partial charge in [0.05, 0.1) is 0 Å². The molecule has 0 heterocycles. The summed E-state index contributed by atoms with van der Waals surface area (Å²) in [5.41, 5.74) is 0.0260. The first kappa shape index (κ1) is 34.6. The summed E-state index contributed by atoms with van der Waals surface area (Å²) in [5, 5.41) is 0. The van der Waals surface area contributed by atoms with E-state index in [1.54, 1.807) is 6.07 Å².